The van der Waals surface area contributed by atoms with E-state index in [0.29, 0.717) is 18.7 Å². The lowest BCUT2D eigenvalue weighted by Gasteiger charge is -2.31. The topological polar surface area (TPSA) is 63.5 Å². The molecule has 2 saturated heterocycles. The van der Waals surface area contributed by atoms with Crippen LogP contribution >= 0.6 is 11.8 Å². The number of carbonyl (C=O) groups excluding carboxylic acids is 1. The second kappa shape index (κ2) is 10.6. The van der Waals surface area contributed by atoms with Crippen LogP contribution in [0.4, 0.5) is 10.3 Å². The van der Waals surface area contributed by atoms with Gasteiger partial charge in [-0.3, -0.25) is 9.36 Å². The van der Waals surface area contributed by atoms with Crippen molar-refractivity contribution in [3.8, 4) is 0 Å². The van der Waals surface area contributed by atoms with Gasteiger partial charge in [-0.2, -0.15) is 0 Å². The fourth-order valence-corrected chi connectivity index (χ4v) is 5.64. The Bertz CT molecular complexity index is 983. The van der Waals surface area contributed by atoms with Gasteiger partial charge in [-0.05, 0) is 50.5 Å². The molecule has 1 aromatic heterocycles. The average Bonchev–Trinajstić information content (AvgIpc) is 3.40. The minimum Gasteiger partial charge on any atom is -0.376 e. The van der Waals surface area contributed by atoms with Crippen molar-refractivity contribution in [2.75, 3.05) is 30.3 Å². The number of halogens is 1. The van der Waals surface area contributed by atoms with Crippen LogP contribution in [0.1, 0.15) is 51.0 Å². The van der Waals surface area contributed by atoms with Crippen LogP contribution in [-0.4, -0.2) is 63.2 Å². The summed E-state index contributed by atoms with van der Waals surface area (Å²) in [6.07, 6.45) is 6.56. The van der Waals surface area contributed by atoms with Gasteiger partial charge >= 0.3 is 0 Å². The van der Waals surface area contributed by atoms with Crippen molar-refractivity contribution >= 4 is 23.6 Å². The number of piperidine rings is 1. The van der Waals surface area contributed by atoms with E-state index in [1.54, 1.807) is 12.1 Å². The maximum absolute atomic E-state index is 14.2. The summed E-state index contributed by atoms with van der Waals surface area (Å²) in [6.45, 7) is 6.09. The zero-order valence-electron chi connectivity index (χ0n) is 19.9. The maximum Gasteiger partial charge on any atom is 0.233 e. The summed E-state index contributed by atoms with van der Waals surface area (Å²) < 4.78 is 22.3. The van der Waals surface area contributed by atoms with E-state index >= 15 is 0 Å². The number of benzene rings is 1. The maximum atomic E-state index is 14.2. The Morgan fingerprint density at radius 2 is 1.97 bits per heavy atom. The molecular formula is C25H34FN5O2S. The van der Waals surface area contributed by atoms with Crippen LogP contribution < -0.4 is 4.90 Å². The first kappa shape index (κ1) is 23.6. The van der Waals surface area contributed by atoms with Gasteiger partial charge in [0.15, 0.2) is 5.16 Å². The van der Waals surface area contributed by atoms with E-state index in [9.17, 15) is 9.18 Å². The molecule has 9 heteroatoms. The van der Waals surface area contributed by atoms with Crippen molar-refractivity contribution in [1.82, 2.24) is 19.7 Å². The number of anilines is 1. The smallest absolute Gasteiger partial charge is 0.233 e. The molecule has 2 aliphatic heterocycles. The van der Waals surface area contributed by atoms with E-state index in [1.807, 2.05) is 11.0 Å². The molecule has 0 spiro atoms. The van der Waals surface area contributed by atoms with E-state index in [4.69, 9.17) is 4.74 Å². The lowest BCUT2D eigenvalue weighted by atomic mass is 10.00. The number of rotatable bonds is 9. The van der Waals surface area contributed by atoms with Gasteiger partial charge in [0.05, 0.1) is 18.4 Å². The number of hydrogen-bond acceptors (Lipinski definition) is 6. The van der Waals surface area contributed by atoms with Crippen LogP contribution in [0.5, 0.6) is 0 Å². The fraction of sp³-hybridized carbons (Fsp3) is 0.640. The predicted molar refractivity (Wildman–Crippen MR) is 130 cm³/mol. The first-order chi connectivity index (χ1) is 16.6. The number of amides is 1. The number of aromatic nitrogens is 3. The molecule has 0 radical (unpaired) electrons. The Balaban J connectivity index is 1.29. The molecule has 1 atom stereocenters. The highest BCUT2D eigenvalue weighted by molar-refractivity contribution is 7.99. The minimum atomic E-state index is -0.259. The van der Waals surface area contributed by atoms with Gasteiger partial charge < -0.3 is 14.5 Å². The van der Waals surface area contributed by atoms with Gasteiger partial charge in [0, 0.05) is 37.8 Å². The molecule has 1 aromatic carbocycles. The normalized spacial score (nSPS) is 21.2. The molecule has 3 aliphatic rings. The third-order valence-electron chi connectivity index (χ3n) is 7.11. The molecule has 0 bridgehead atoms. The van der Waals surface area contributed by atoms with Crippen molar-refractivity contribution in [2.24, 2.45) is 5.92 Å². The van der Waals surface area contributed by atoms with Crippen molar-refractivity contribution in [3.05, 3.63) is 35.6 Å². The number of thioether (sulfide) groups is 1. The van der Waals surface area contributed by atoms with Gasteiger partial charge in [0.25, 0.3) is 0 Å². The minimum absolute atomic E-state index is 0.0239. The highest BCUT2D eigenvalue weighted by Crippen LogP contribution is 2.32. The quantitative estimate of drug-likeness (QED) is 0.496. The molecule has 3 fully saturated rings. The van der Waals surface area contributed by atoms with Crippen molar-refractivity contribution in [1.29, 1.82) is 0 Å². The molecule has 184 valence electrons. The Kier molecular flexibility index (Phi) is 7.39. The van der Waals surface area contributed by atoms with Crippen LogP contribution in [0.3, 0.4) is 0 Å². The molecule has 1 unspecified atom stereocenters. The summed E-state index contributed by atoms with van der Waals surface area (Å²) in [5.74, 6) is 1.66. The van der Waals surface area contributed by atoms with E-state index in [2.05, 4.69) is 26.6 Å². The fourth-order valence-electron chi connectivity index (χ4n) is 4.81. The second-order valence-electron chi connectivity index (χ2n) is 9.83. The molecule has 3 heterocycles. The third kappa shape index (κ3) is 5.57. The standard InChI is InChI=1S/C25H34FN5O2S/c1-18-10-12-29(13-11-18)24-27-28-25(31(24)16-21-6-4-14-33-21)34-17-23(32)30(20-8-9-20)15-19-5-2-3-7-22(19)26/h2-3,5,7,18,20-21H,4,6,8-17H2,1H3. The number of hydrogen-bond donors (Lipinski definition) is 0. The van der Waals surface area contributed by atoms with Crippen molar-refractivity contribution in [3.63, 3.8) is 0 Å². The SMILES string of the molecule is CC1CCN(c2nnc(SCC(=O)N(Cc3ccccc3F)C3CC3)n2CC2CCCO2)CC1. The zero-order valence-corrected chi connectivity index (χ0v) is 20.7. The molecule has 7 nitrogen and oxygen atoms in total. The third-order valence-corrected chi connectivity index (χ3v) is 8.06. The highest BCUT2D eigenvalue weighted by atomic mass is 32.2. The van der Waals surface area contributed by atoms with Crippen molar-refractivity contribution in [2.45, 2.75) is 75.8 Å². The van der Waals surface area contributed by atoms with E-state index < -0.39 is 0 Å². The summed E-state index contributed by atoms with van der Waals surface area (Å²) in [7, 11) is 0. The van der Waals surface area contributed by atoms with Gasteiger partial charge in [-0.15, -0.1) is 10.2 Å². The second-order valence-corrected chi connectivity index (χ2v) is 10.8. The molecule has 1 amide bonds. The summed E-state index contributed by atoms with van der Waals surface area (Å²) in [4.78, 5) is 17.4. The van der Waals surface area contributed by atoms with E-state index in [-0.39, 0.29) is 29.6 Å². The summed E-state index contributed by atoms with van der Waals surface area (Å²) in [5, 5.41) is 9.80. The zero-order chi connectivity index (χ0) is 23.5. The summed E-state index contributed by atoms with van der Waals surface area (Å²) >= 11 is 1.43. The predicted octanol–water partition coefficient (Wildman–Crippen LogP) is 4.12. The average molecular weight is 488 g/mol. The van der Waals surface area contributed by atoms with E-state index in [1.165, 1.54) is 17.8 Å². The Labute approximate surface area is 205 Å². The lowest BCUT2D eigenvalue weighted by molar-refractivity contribution is -0.129. The van der Waals surface area contributed by atoms with Gasteiger partial charge in [-0.25, -0.2) is 4.39 Å². The Hall–Kier alpha value is -2.13. The first-order valence-electron chi connectivity index (χ1n) is 12.5. The lowest BCUT2D eigenvalue weighted by Crippen LogP contribution is -2.35. The van der Waals surface area contributed by atoms with Crippen LogP contribution in [0, 0.1) is 11.7 Å². The Morgan fingerprint density at radius 1 is 1.18 bits per heavy atom. The first-order valence-corrected chi connectivity index (χ1v) is 13.5. The van der Waals surface area contributed by atoms with Crippen LogP contribution in [0.25, 0.3) is 0 Å². The number of ether oxygens (including phenoxy) is 1. The monoisotopic (exact) mass is 487 g/mol. The molecule has 1 aliphatic carbocycles. The number of carbonyl (C=O) groups is 1. The summed E-state index contributed by atoms with van der Waals surface area (Å²) in [6, 6.07) is 6.92. The molecule has 1 saturated carbocycles. The van der Waals surface area contributed by atoms with Gasteiger partial charge in [-0.1, -0.05) is 36.9 Å². The van der Waals surface area contributed by atoms with E-state index in [0.717, 1.165) is 75.2 Å². The molecule has 34 heavy (non-hydrogen) atoms. The van der Waals surface area contributed by atoms with Gasteiger partial charge in [0.1, 0.15) is 5.82 Å². The molecular weight excluding hydrogens is 453 g/mol. The molecule has 2 aromatic rings. The summed E-state index contributed by atoms with van der Waals surface area (Å²) in [5.41, 5.74) is 0.566. The van der Waals surface area contributed by atoms with Crippen molar-refractivity contribution < 1.29 is 13.9 Å². The Morgan fingerprint density at radius 3 is 2.68 bits per heavy atom. The molecule has 5 rings (SSSR count). The van der Waals surface area contributed by atoms with Crippen LogP contribution in [0.15, 0.2) is 29.4 Å². The van der Waals surface area contributed by atoms with Crippen LogP contribution in [-0.2, 0) is 22.6 Å². The largest absolute Gasteiger partial charge is 0.376 e. The highest BCUT2D eigenvalue weighted by Gasteiger charge is 2.33. The van der Waals surface area contributed by atoms with Gasteiger partial charge in [0.2, 0.25) is 11.9 Å². The number of nitrogens with zero attached hydrogens (tertiary/aromatic N) is 5. The van der Waals surface area contributed by atoms with Crippen LogP contribution in [0.2, 0.25) is 0 Å². The molecule has 0 N–H and O–H groups in total.